The number of hydrogen-bond donors (Lipinski definition) is 0. The van der Waals surface area contributed by atoms with Crippen LogP contribution in [0.3, 0.4) is 0 Å². The van der Waals surface area contributed by atoms with E-state index in [4.69, 9.17) is 0 Å². The van der Waals surface area contributed by atoms with E-state index in [1.54, 1.807) is 22.2 Å². The van der Waals surface area contributed by atoms with Gasteiger partial charge in [0.15, 0.2) is 0 Å². The largest absolute Gasteiger partial charge is 0.299 e. The van der Waals surface area contributed by atoms with Crippen molar-refractivity contribution in [2.24, 2.45) is 11.8 Å². The average Bonchev–Trinajstić information content (AvgIpc) is 2.63. The summed E-state index contributed by atoms with van der Waals surface area (Å²) in [6, 6.07) is 0. The minimum absolute atomic E-state index is 0.0382. The van der Waals surface area contributed by atoms with Gasteiger partial charge in [-0.1, -0.05) is 27.7 Å². The minimum atomic E-state index is -0.0382. The molecule has 2 amide bonds. The van der Waals surface area contributed by atoms with Gasteiger partial charge in [0.2, 0.25) is 11.8 Å². The molecule has 0 atom stereocenters. The molecule has 1 heterocycles. The molecule has 0 bridgehead atoms. The lowest BCUT2D eigenvalue weighted by molar-refractivity contribution is -0.136. The van der Waals surface area contributed by atoms with Gasteiger partial charge in [-0.15, -0.1) is 0 Å². The summed E-state index contributed by atoms with van der Waals surface area (Å²) in [7, 11) is 0. The number of carbonyl (C=O) groups excluding carboxylic acids is 2. The van der Waals surface area contributed by atoms with Crippen molar-refractivity contribution < 1.29 is 9.59 Å². The van der Waals surface area contributed by atoms with Gasteiger partial charge in [-0.2, -0.15) is 0 Å². The van der Waals surface area contributed by atoms with E-state index >= 15 is 0 Å². The second-order valence-corrected chi connectivity index (χ2v) is 4.37. The van der Waals surface area contributed by atoms with Crippen LogP contribution in [0.2, 0.25) is 0 Å². The van der Waals surface area contributed by atoms with Gasteiger partial charge < -0.3 is 0 Å². The van der Waals surface area contributed by atoms with Crippen molar-refractivity contribution in [3.63, 3.8) is 0 Å². The molecule has 0 N–H and O–H groups in total. The number of rotatable bonds is 2. The van der Waals surface area contributed by atoms with Gasteiger partial charge in [-0.05, 0) is 0 Å². The summed E-state index contributed by atoms with van der Waals surface area (Å²) in [5.41, 5.74) is 0. The van der Waals surface area contributed by atoms with Crippen LogP contribution in [0.15, 0.2) is 12.4 Å². The van der Waals surface area contributed by atoms with E-state index in [2.05, 4.69) is 0 Å². The van der Waals surface area contributed by atoms with Gasteiger partial charge in [0, 0.05) is 24.2 Å². The Morgan fingerprint density at radius 2 is 1.27 bits per heavy atom. The minimum Gasteiger partial charge on any atom is -0.299 e. The summed E-state index contributed by atoms with van der Waals surface area (Å²) in [5.74, 6) is 0.0168. The van der Waals surface area contributed by atoms with Gasteiger partial charge in [-0.25, -0.2) is 0 Å². The Morgan fingerprint density at radius 1 is 0.933 bits per heavy atom. The Bertz CT molecular complexity index is 267. The smallest absolute Gasteiger partial charge is 0.230 e. The standard InChI is InChI=1S/C11H18N2O2/c1-8(2)10(14)12-5-6-13(7-12)11(15)9(3)4/h5-6,8-9H,7H2,1-4H3. The molecule has 0 saturated carbocycles. The van der Waals surface area contributed by atoms with Crippen LogP contribution in [0.25, 0.3) is 0 Å². The van der Waals surface area contributed by atoms with Crippen molar-refractivity contribution >= 4 is 11.8 Å². The lowest BCUT2D eigenvalue weighted by atomic mass is 10.2. The number of nitrogens with zero attached hydrogens (tertiary/aromatic N) is 2. The molecular formula is C11H18N2O2. The van der Waals surface area contributed by atoms with E-state index in [1.165, 1.54) is 0 Å². The van der Waals surface area contributed by atoms with Gasteiger partial charge in [0.05, 0.1) is 0 Å². The van der Waals surface area contributed by atoms with E-state index in [-0.39, 0.29) is 23.7 Å². The van der Waals surface area contributed by atoms with Crippen molar-refractivity contribution in [2.45, 2.75) is 27.7 Å². The number of carbonyl (C=O) groups is 2. The van der Waals surface area contributed by atoms with E-state index in [9.17, 15) is 9.59 Å². The molecule has 0 aromatic heterocycles. The van der Waals surface area contributed by atoms with Crippen molar-refractivity contribution in [1.29, 1.82) is 0 Å². The molecule has 0 unspecified atom stereocenters. The molecule has 84 valence electrons. The number of amides is 2. The van der Waals surface area contributed by atoms with Crippen LogP contribution in [0.1, 0.15) is 27.7 Å². The van der Waals surface area contributed by atoms with Crippen LogP contribution in [-0.2, 0) is 9.59 Å². The van der Waals surface area contributed by atoms with Crippen molar-refractivity contribution in [3.05, 3.63) is 12.4 Å². The van der Waals surface area contributed by atoms with E-state index in [1.807, 2.05) is 27.7 Å². The van der Waals surface area contributed by atoms with E-state index < -0.39 is 0 Å². The molecule has 4 heteroatoms. The van der Waals surface area contributed by atoms with Crippen molar-refractivity contribution in [1.82, 2.24) is 9.80 Å². The molecule has 0 aromatic carbocycles. The van der Waals surface area contributed by atoms with Crippen LogP contribution in [0, 0.1) is 11.8 Å². The SMILES string of the molecule is CC(C)C(=O)N1C=CN(C(=O)C(C)C)C1. The highest BCUT2D eigenvalue weighted by Crippen LogP contribution is 2.13. The van der Waals surface area contributed by atoms with Gasteiger partial charge in [-0.3, -0.25) is 19.4 Å². The van der Waals surface area contributed by atoms with Crippen LogP contribution in [0.5, 0.6) is 0 Å². The van der Waals surface area contributed by atoms with Crippen LogP contribution in [0.4, 0.5) is 0 Å². The zero-order valence-corrected chi connectivity index (χ0v) is 9.73. The van der Waals surface area contributed by atoms with Crippen molar-refractivity contribution in [2.75, 3.05) is 6.67 Å². The van der Waals surface area contributed by atoms with Crippen LogP contribution in [-0.4, -0.2) is 28.3 Å². The molecule has 4 nitrogen and oxygen atoms in total. The topological polar surface area (TPSA) is 40.6 Å². The van der Waals surface area contributed by atoms with Gasteiger partial charge in [0.25, 0.3) is 0 Å². The third-order valence-electron chi connectivity index (χ3n) is 2.29. The molecule has 15 heavy (non-hydrogen) atoms. The number of hydrogen-bond acceptors (Lipinski definition) is 2. The Hall–Kier alpha value is -1.32. The monoisotopic (exact) mass is 210 g/mol. The first kappa shape index (κ1) is 11.8. The lowest BCUT2D eigenvalue weighted by Gasteiger charge is -2.21. The molecule has 1 rings (SSSR count). The molecule has 1 aliphatic rings. The molecular weight excluding hydrogens is 192 g/mol. The maximum atomic E-state index is 11.6. The fraction of sp³-hybridized carbons (Fsp3) is 0.636. The third-order valence-corrected chi connectivity index (χ3v) is 2.29. The summed E-state index contributed by atoms with van der Waals surface area (Å²) in [6.07, 6.45) is 3.34. The normalized spacial score (nSPS) is 15.6. The summed E-state index contributed by atoms with van der Waals surface area (Å²) >= 11 is 0. The molecule has 0 spiro atoms. The zero-order valence-electron chi connectivity index (χ0n) is 9.73. The first-order valence-corrected chi connectivity index (χ1v) is 5.22. The quantitative estimate of drug-likeness (QED) is 0.691. The summed E-state index contributed by atoms with van der Waals surface area (Å²) in [6.45, 7) is 7.76. The van der Waals surface area contributed by atoms with E-state index in [0.29, 0.717) is 6.67 Å². The summed E-state index contributed by atoms with van der Waals surface area (Å²) in [4.78, 5) is 26.4. The average molecular weight is 210 g/mol. The molecule has 0 fully saturated rings. The maximum absolute atomic E-state index is 11.6. The first-order valence-electron chi connectivity index (χ1n) is 5.22. The Kier molecular flexibility index (Phi) is 3.50. The lowest BCUT2D eigenvalue weighted by Crippen LogP contribution is -2.37. The summed E-state index contributed by atoms with van der Waals surface area (Å²) in [5, 5.41) is 0. The second kappa shape index (κ2) is 4.47. The Labute approximate surface area is 90.5 Å². The Balaban J connectivity index is 2.58. The predicted molar refractivity (Wildman–Crippen MR) is 57.4 cm³/mol. The third kappa shape index (κ3) is 2.58. The zero-order chi connectivity index (χ0) is 11.6. The summed E-state index contributed by atoms with van der Waals surface area (Å²) < 4.78 is 0. The fourth-order valence-electron chi connectivity index (χ4n) is 1.37. The van der Waals surface area contributed by atoms with Crippen molar-refractivity contribution in [3.8, 4) is 0 Å². The highest BCUT2D eigenvalue weighted by Gasteiger charge is 2.25. The van der Waals surface area contributed by atoms with Gasteiger partial charge in [0.1, 0.15) is 6.67 Å². The molecule has 0 radical (unpaired) electrons. The Morgan fingerprint density at radius 3 is 1.53 bits per heavy atom. The van der Waals surface area contributed by atoms with Crippen LogP contribution >= 0.6 is 0 Å². The fourth-order valence-corrected chi connectivity index (χ4v) is 1.37. The van der Waals surface area contributed by atoms with E-state index in [0.717, 1.165) is 0 Å². The maximum Gasteiger partial charge on any atom is 0.230 e. The highest BCUT2D eigenvalue weighted by atomic mass is 16.2. The molecule has 0 saturated heterocycles. The van der Waals surface area contributed by atoms with Crippen LogP contribution < -0.4 is 0 Å². The first-order chi connectivity index (χ1) is 6.93. The highest BCUT2D eigenvalue weighted by molar-refractivity contribution is 5.83. The molecule has 0 aliphatic carbocycles. The molecule has 0 aromatic rings. The second-order valence-electron chi connectivity index (χ2n) is 4.37. The molecule has 1 aliphatic heterocycles. The van der Waals surface area contributed by atoms with Gasteiger partial charge >= 0.3 is 0 Å². The predicted octanol–water partition coefficient (Wildman–Crippen LogP) is 1.40.